The van der Waals surface area contributed by atoms with E-state index in [1.54, 1.807) is 12.1 Å². The van der Waals surface area contributed by atoms with Crippen LogP contribution in [0.2, 0.25) is 0 Å². The predicted octanol–water partition coefficient (Wildman–Crippen LogP) is 2.64. The molecule has 1 heterocycles. The molecule has 0 saturated carbocycles. The topological polar surface area (TPSA) is 63.3 Å². The fourth-order valence-electron chi connectivity index (χ4n) is 1.87. The van der Waals surface area contributed by atoms with Crippen molar-refractivity contribution in [3.63, 3.8) is 0 Å². The van der Waals surface area contributed by atoms with Gasteiger partial charge in [-0.1, -0.05) is 12.7 Å². The second-order valence-electron chi connectivity index (χ2n) is 3.93. The molecule has 0 spiro atoms. The molecule has 1 aliphatic heterocycles. The normalized spacial score (nSPS) is 10.9. The lowest BCUT2D eigenvalue weighted by atomic mass is 10.1. The van der Waals surface area contributed by atoms with Crippen LogP contribution < -0.4 is 5.43 Å². The summed E-state index contributed by atoms with van der Waals surface area (Å²) >= 11 is 0. The number of rotatable bonds is 1. The highest BCUT2D eigenvalue weighted by Gasteiger charge is 2.13. The summed E-state index contributed by atoms with van der Waals surface area (Å²) in [7, 11) is 0. The van der Waals surface area contributed by atoms with Crippen molar-refractivity contribution in [1.82, 2.24) is 4.98 Å². The molecule has 3 rings (SSSR count). The average molecular weight is 239 g/mol. The maximum atomic E-state index is 11.5. The Morgan fingerprint density at radius 2 is 2.11 bits per heavy atom. The lowest BCUT2D eigenvalue weighted by molar-refractivity contribution is 0.474. The second-order valence-corrected chi connectivity index (χ2v) is 3.93. The number of fused-ring (bicyclic) bond motifs is 2. The number of hydrogen-bond donors (Lipinski definition) is 1. The van der Waals surface area contributed by atoms with Gasteiger partial charge in [0.05, 0.1) is 0 Å². The quantitative estimate of drug-likeness (QED) is 0.663. The second kappa shape index (κ2) is 3.70. The molecule has 0 aromatic heterocycles. The summed E-state index contributed by atoms with van der Waals surface area (Å²) in [6.45, 7) is 3.66. The van der Waals surface area contributed by atoms with Crippen molar-refractivity contribution in [2.75, 3.05) is 0 Å². The van der Waals surface area contributed by atoms with E-state index in [1.165, 1.54) is 24.3 Å². The first-order valence-electron chi connectivity index (χ1n) is 5.37. The van der Waals surface area contributed by atoms with Crippen LogP contribution >= 0.6 is 0 Å². The highest BCUT2D eigenvalue weighted by atomic mass is 16.3. The Labute approximate surface area is 102 Å². The van der Waals surface area contributed by atoms with Crippen LogP contribution in [-0.4, -0.2) is 10.1 Å². The molecular weight excluding hydrogens is 230 g/mol. The maximum Gasteiger partial charge on any atom is 0.183 e. The molecule has 1 aromatic rings. The molecule has 1 N–H and O–H groups in total. The Kier molecular flexibility index (Phi) is 2.16. The number of aromatic hydroxyl groups is 1. The van der Waals surface area contributed by atoms with Gasteiger partial charge in [-0.15, -0.1) is 0 Å². The number of benzene rings is 2. The average Bonchev–Trinajstić information content (AvgIpc) is 2.35. The van der Waals surface area contributed by atoms with E-state index in [-0.39, 0.29) is 11.2 Å². The Bertz CT molecular complexity index is 789. The lowest BCUT2D eigenvalue weighted by Crippen LogP contribution is -2.03. The van der Waals surface area contributed by atoms with Gasteiger partial charge in [0.25, 0.3) is 0 Å². The minimum Gasteiger partial charge on any atom is -0.508 e. The number of phenols is 1. The van der Waals surface area contributed by atoms with Gasteiger partial charge in [-0.3, -0.25) is 4.79 Å². The highest BCUT2D eigenvalue weighted by molar-refractivity contribution is 5.80. The molecule has 2 aliphatic rings. The van der Waals surface area contributed by atoms with Gasteiger partial charge in [0, 0.05) is 17.7 Å². The van der Waals surface area contributed by atoms with Crippen molar-refractivity contribution >= 4 is 17.2 Å². The van der Waals surface area contributed by atoms with Crippen LogP contribution in [-0.2, 0) is 0 Å². The smallest absolute Gasteiger partial charge is 0.183 e. The number of phenolic OH excluding ortho intramolecular Hbond substituents is 1. The van der Waals surface area contributed by atoms with Crippen molar-refractivity contribution in [3.05, 3.63) is 52.7 Å². The molecule has 0 fully saturated rings. The van der Waals surface area contributed by atoms with Gasteiger partial charge < -0.3 is 9.52 Å². The molecule has 1 aliphatic carbocycles. The summed E-state index contributed by atoms with van der Waals surface area (Å²) in [5.41, 5.74) is 2.10. The summed E-state index contributed by atoms with van der Waals surface area (Å²) in [5, 5.41) is 9.39. The molecule has 4 heteroatoms. The molecule has 0 radical (unpaired) electrons. The van der Waals surface area contributed by atoms with Crippen molar-refractivity contribution in [1.29, 1.82) is 0 Å². The van der Waals surface area contributed by atoms with Gasteiger partial charge in [-0.25, -0.2) is 4.98 Å². The van der Waals surface area contributed by atoms with Crippen LogP contribution in [0.15, 0.2) is 46.1 Å². The molecule has 0 unspecified atom stereocenters. The molecular formula is C14H9NO3. The third kappa shape index (κ3) is 1.55. The van der Waals surface area contributed by atoms with Crippen LogP contribution in [0.5, 0.6) is 5.75 Å². The van der Waals surface area contributed by atoms with E-state index in [0.29, 0.717) is 28.1 Å². The molecule has 0 amide bonds. The van der Waals surface area contributed by atoms with E-state index in [9.17, 15) is 9.90 Å². The van der Waals surface area contributed by atoms with Crippen molar-refractivity contribution in [2.24, 2.45) is 0 Å². The number of nitrogens with zero attached hydrogens (tertiary/aromatic N) is 1. The summed E-state index contributed by atoms with van der Waals surface area (Å²) in [4.78, 5) is 15.9. The SMILES string of the molecule is C=Cc1cc(=O)cc2oc3cc(O)ccc3nc1-2. The summed E-state index contributed by atoms with van der Waals surface area (Å²) < 4.78 is 5.58. The summed E-state index contributed by atoms with van der Waals surface area (Å²) in [6, 6.07) is 7.49. The summed E-state index contributed by atoms with van der Waals surface area (Å²) in [6.07, 6.45) is 1.57. The van der Waals surface area contributed by atoms with Gasteiger partial charge in [-0.05, 0) is 18.2 Å². The van der Waals surface area contributed by atoms with Crippen LogP contribution in [0.4, 0.5) is 0 Å². The fourth-order valence-corrected chi connectivity index (χ4v) is 1.87. The first-order valence-corrected chi connectivity index (χ1v) is 5.37. The van der Waals surface area contributed by atoms with E-state index in [4.69, 9.17) is 4.42 Å². The van der Waals surface area contributed by atoms with E-state index in [1.807, 2.05) is 0 Å². The van der Waals surface area contributed by atoms with Crippen LogP contribution in [0.25, 0.3) is 28.6 Å². The van der Waals surface area contributed by atoms with Gasteiger partial charge in [-0.2, -0.15) is 0 Å². The van der Waals surface area contributed by atoms with Crippen LogP contribution in [0.3, 0.4) is 0 Å². The molecule has 18 heavy (non-hydrogen) atoms. The van der Waals surface area contributed by atoms with E-state index >= 15 is 0 Å². The van der Waals surface area contributed by atoms with E-state index < -0.39 is 0 Å². The van der Waals surface area contributed by atoms with Gasteiger partial charge in [0.1, 0.15) is 17.0 Å². The monoisotopic (exact) mass is 239 g/mol. The van der Waals surface area contributed by atoms with Crippen molar-refractivity contribution in [2.45, 2.75) is 0 Å². The van der Waals surface area contributed by atoms with Crippen molar-refractivity contribution < 1.29 is 9.52 Å². The lowest BCUT2D eigenvalue weighted by Gasteiger charge is -2.08. The minimum absolute atomic E-state index is 0.0922. The first kappa shape index (κ1) is 10.5. The Morgan fingerprint density at radius 1 is 1.28 bits per heavy atom. The molecule has 0 atom stereocenters. The third-order valence-electron chi connectivity index (χ3n) is 2.69. The van der Waals surface area contributed by atoms with Crippen LogP contribution in [0, 0.1) is 0 Å². The number of hydrogen-bond acceptors (Lipinski definition) is 4. The fraction of sp³-hybridized carbons (Fsp3) is 0. The van der Waals surface area contributed by atoms with Crippen molar-refractivity contribution in [3.8, 4) is 17.2 Å². The molecule has 88 valence electrons. The zero-order valence-electron chi connectivity index (χ0n) is 9.38. The van der Waals surface area contributed by atoms with E-state index in [2.05, 4.69) is 11.6 Å². The zero-order valence-corrected chi connectivity index (χ0v) is 9.38. The maximum absolute atomic E-state index is 11.5. The minimum atomic E-state index is -0.164. The van der Waals surface area contributed by atoms with E-state index in [0.717, 1.165) is 0 Å². The highest BCUT2D eigenvalue weighted by Crippen LogP contribution is 2.28. The van der Waals surface area contributed by atoms with Gasteiger partial charge >= 0.3 is 0 Å². The number of aromatic nitrogens is 1. The third-order valence-corrected chi connectivity index (χ3v) is 2.69. The Balaban J connectivity index is 2.48. The first-order chi connectivity index (χ1) is 8.67. The van der Waals surface area contributed by atoms with Gasteiger partial charge in [0.15, 0.2) is 16.8 Å². The van der Waals surface area contributed by atoms with Gasteiger partial charge in [0.2, 0.25) is 0 Å². The molecule has 0 bridgehead atoms. The Morgan fingerprint density at radius 3 is 2.89 bits per heavy atom. The Hall–Kier alpha value is -2.62. The predicted molar refractivity (Wildman–Crippen MR) is 68.7 cm³/mol. The van der Waals surface area contributed by atoms with Crippen LogP contribution in [0.1, 0.15) is 5.56 Å². The summed E-state index contributed by atoms with van der Waals surface area (Å²) in [5.74, 6) is 0.477. The standard InChI is InChI=1S/C14H9NO3/c1-2-8-5-10(17)7-13-14(8)15-11-4-3-9(16)6-12(11)18-13/h2-7,16H,1H2. The zero-order chi connectivity index (χ0) is 12.7. The molecule has 0 saturated heterocycles. The molecule has 4 nitrogen and oxygen atoms in total. The molecule has 1 aromatic carbocycles. The largest absolute Gasteiger partial charge is 0.508 e.